The number of sulfonamides is 1. The van der Waals surface area contributed by atoms with Gasteiger partial charge in [-0.2, -0.15) is 4.31 Å². The van der Waals surface area contributed by atoms with E-state index < -0.39 is 16.1 Å². The Balaban J connectivity index is 1.57. The van der Waals surface area contributed by atoms with Crippen molar-refractivity contribution < 1.29 is 17.9 Å². The van der Waals surface area contributed by atoms with E-state index in [2.05, 4.69) is 0 Å². The molecule has 0 N–H and O–H groups in total. The second-order valence-electron chi connectivity index (χ2n) is 6.12. The van der Waals surface area contributed by atoms with Gasteiger partial charge in [0, 0.05) is 18.8 Å². The lowest BCUT2D eigenvalue weighted by molar-refractivity contribution is 0.181. The number of amides is 1. The number of benzene rings is 2. The van der Waals surface area contributed by atoms with Crippen molar-refractivity contribution >= 4 is 21.8 Å². The van der Waals surface area contributed by atoms with Gasteiger partial charge in [-0.15, -0.1) is 0 Å². The number of rotatable bonds is 3. The van der Waals surface area contributed by atoms with E-state index in [1.165, 1.54) is 14.8 Å². The standard InChI is InChI=1S/C18H18N2O4S/c21-18-20(11-12-24-18)16-5-7-17(8-6-16)25(22,23)19-10-9-14-3-1-2-4-15(14)13-19/h1-8H,9-13H2. The van der Waals surface area contributed by atoms with Crippen LogP contribution < -0.4 is 4.90 Å². The molecule has 2 heterocycles. The molecule has 0 saturated carbocycles. The molecule has 0 radical (unpaired) electrons. The minimum atomic E-state index is -3.56. The van der Waals surface area contributed by atoms with Gasteiger partial charge in [0.15, 0.2) is 0 Å². The zero-order chi connectivity index (χ0) is 17.4. The molecule has 4 rings (SSSR count). The van der Waals surface area contributed by atoms with Crippen LogP contribution in [-0.4, -0.2) is 38.5 Å². The molecule has 2 aliphatic heterocycles. The third-order valence-corrected chi connectivity index (χ3v) is 6.50. The molecular formula is C18H18N2O4S. The second-order valence-corrected chi connectivity index (χ2v) is 8.06. The predicted octanol–water partition coefficient (Wildman–Crippen LogP) is 2.39. The van der Waals surface area contributed by atoms with E-state index in [0.717, 1.165) is 5.56 Å². The monoisotopic (exact) mass is 358 g/mol. The van der Waals surface area contributed by atoms with E-state index in [1.54, 1.807) is 24.3 Å². The summed E-state index contributed by atoms with van der Waals surface area (Å²) in [5.74, 6) is 0. The number of fused-ring (bicyclic) bond motifs is 1. The van der Waals surface area contributed by atoms with Crippen LogP contribution in [0.1, 0.15) is 11.1 Å². The van der Waals surface area contributed by atoms with Crippen LogP contribution in [0.2, 0.25) is 0 Å². The molecule has 2 aliphatic rings. The first-order valence-corrected chi connectivity index (χ1v) is 9.61. The quantitative estimate of drug-likeness (QED) is 0.845. The predicted molar refractivity (Wildman–Crippen MR) is 92.9 cm³/mol. The summed E-state index contributed by atoms with van der Waals surface area (Å²) < 4.78 is 32.2. The fourth-order valence-electron chi connectivity index (χ4n) is 3.25. The van der Waals surface area contributed by atoms with Gasteiger partial charge < -0.3 is 4.74 Å². The van der Waals surface area contributed by atoms with Gasteiger partial charge in [0.25, 0.3) is 0 Å². The third-order valence-electron chi connectivity index (χ3n) is 4.64. The smallest absolute Gasteiger partial charge is 0.414 e. The summed E-state index contributed by atoms with van der Waals surface area (Å²) in [6.07, 6.45) is 0.316. The third kappa shape index (κ3) is 2.89. The van der Waals surface area contributed by atoms with Crippen LogP contribution in [0.5, 0.6) is 0 Å². The van der Waals surface area contributed by atoms with Crippen LogP contribution in [0, 0.1) is 0 Å². The summed E-state index contributed by atoms with van der Waals surface area (Å²) in [6.45, 7) is 1.69. The van der Waals surface area contributed by atoms with Crippen molar-refractivity contribution in [3.8, 4) is 0 Å². The summed E-state index contributed by atoms with van der Waals surface area (Å²) >= 11 is 0. The van der Waals surface area contributed by atoms with Crippen LogP contribution in [0.15, 0.2) is 53.4 Å². The summed E-state index contributed by atoms with van der Waals surface area (Å²) in [5.41, 5.74) is 2.90. The lowest BCUT2D eigenvalue weighted by atomic mass is 10.0. The molecular weight excluding hydrogens is 340 g/mol. The lowest BCUT2D eigenvalue weighted by Gasteiger charge is -2.28. The Bertz CT molecular complexity index is 909. The highest BCUT2D eigenvalue weighted by molar-refractivity contribution is 7.89. The maximum absolute atomic E-state index is 12.9. The first kappa shape index (κ1) is 16.1. The SMILES string of the molecule is O=C1OCCN1c1ccc(S(=O)(=O)N2CCc3ccccc3C2)cc1. The highest BCUT2D eigenvalue weighted by Crippen LogP contribution is 2.27. The summed E-state index contributed by atoms with van der Waals surface area (Å²) in [7, 11) is -3.56. The van der Waals surface area contributed by atoms with Crippen LogP contribution in [0.4, 0.5) is 10.5 Å². The molecule has 25 heavy (non-hydrogen) atoms. The van der Waals surface area contributed by atoms with Crippen molar-refractivity contribution in [1.82, 2.24) is 4.31 Å². The van der Waals surface area contributed by atoms with Gasteiger partial charge in [-0.25, -0.2) is 13.2 Å². The van der Waals surface area contributed by atoms with Gasteiger partial charge in [-0.05, 0) is 41.8 Å². The maximum Gasteiger partial charge on any atom is 0.414 e. The van der Waals surface area contributed by atoms with E-state index in [1.807, 2.05) is 24.3 Å². The van der Waals surface area contributed by atoms with Gasteiger partial charge >= 0.3 is 6.09 Å². The highest BCUT2D eigenvalue weighted by Gasteiger charge is 2.29. The number of hydrogen-bond donors (Lipinski definition) is 0. The molecule has 7 heteroatoms. The largest absolute Gasteiger partial charge is 0.447 e. The number of nitrogens with zero attached hydrogens (tertiary/aromatic N) is 2. The van der Waals surface area contributed by atoms with Crippen LogP contribution in [0.25, 0.3) is 0 Å². The van der Waals surface area contributed by atoms with E-state index in [4.69, 9.17) is 4.74 Å². The Labute approximate surface area is 146 Å². The molecule has 0 unspecified atom stereocenters. The molecule has 1 amide bonds. The van der Waals surface area contributed by atoms with E-state index in [0.29, 0.717) is 38.3 Å². The van der Waals surface area contributed by atoms with Gasteiger partial charge in [0.05, 0.1) is 11.4 Å². The maximum atomic E-state index is 12.9. The van der Waals surface area contributed by atoms with Crippen molar-refractivity contribution in [2.24, 2.45) is 0 Å². The van der Waals surface area contributed by atoms with Crippen molar-refractivity contribution in [2.45, 2.75) is 17.9 Å². The van der Waals surface area contributed by atoms with E-state index in [-0.39, 0.29) is 4.90 Å². The van der Waals surface area contributed by atoms with Crippen LogP contribution in [0.3, 0.4) is 0 Å². The molecule has 130 valence electrons. The zero-order valence-corrected chi connectivity index (χ0v) is 14.4. The Morgan fingerprint density at radius 1 is 0.920 bits per heavy atom. The van der Waals surface area contributed by atoms with Crippen molar-refractivity contribution in [2.75, 3.05) is 24.6 Å². The van der Waals surface area contributed by atoms with E-state index in [9.17, 15) is 13.2 Å². The lowest BCUT2D eigenvalue weighted by Crippen LogP contribution is -2.35. The van der Waals surface area contributed by atoms with Crippen molar-refractivity contribution in [3.05, 3.63) is 59.7 Å². The minimum Gasteiger partial charge on any atom is -0.447 e. The molecule has 6 nitrogen and oxygen atoms in total. The highest BCUT2D eigenvalue weighted by atomic mass is 32.2. The fraction of sp³-hybridized carbons (Fsp3) is 0.278. The van der Waals surface area contributed by atoms with Gasteiger partial charge in [-0.1, -0.05) is 24.3 Å². The topological polar surface area (TPSA) is 66.9 Å². The number of hydrogen-bond acceptors (Lipinski definition) is 4. The summed E-state index contributed by atoms with van der Waals surface area (Å²) in [4.78, 5) is 13.3. The number of carbonyl (C=O) groups is 1. The fourth-order valence-corrected chi connectivity index (χ4v) is 4.67. The van der Waals surface area contributed by atoms with Gasteiger partial charge in [-0.3, -0.25) is 4.90 Å². The molecule has 0 aromatic heterocycles. The first-order chi connectivity index (χ1) is 12.1. The second kappa shape index (κ2) is 6.16. The first-order valence-electron chi connectivity index (χ1n) is 8.17. The number of cyclic esters (lactones) is 1. The molecule has 2 aromatic rings. The molecule has 1 fully saturated rings. The number of carbonyl (C=O) groups excluding carboxylic acids is 1. The van der Waals surface area contributed by atoms with Gasteiger partial charge in [0.2, 0.25) is 10.0 Å². The normalized spacial score (nSPS) is 18.1. The number of anilines is 1. The average molecular weight is 358 g/mol. The summed E-state index contributed by atoms with van der Waals surface area (Å²) in [5, 5.41) is 0. The molecule has 2 aromatic carbocycles. The Morgan fingerprint density at radius 2 is 1.64 bits per heavy atom. The Morgan fingerprint density at radius 3 is 2.32 bits per heavy atom. The minimum absolute atomic E-state index is 0.239. The molecule has 0 aliphatic carbocycles. The molecule has 0 atom stereocenters. The molecule has 1 saturated heterocycles. The van der Waals surface area contributed by atoms with Crippen LogP contribution >= 0.6 is 0 Å². The van der Waals surface area contributed by atoms with Gasteiger partial charge in [0.1, 0.15) is 6.61 Å². The molecule has 0 bridgehead atoms. The zero-order valence-electron chi connectivity index (χ0n) is 13.6. The van der Waals surface area contributed by atoms with Crippen molar-refractivity contribution in [3.63, 3.8) is 0 Å². The van der Waals surface area contributed by atoms with E-state index >= 15 is 0 Å². The summed E-state index contributed by atoms with van der Waals surface area (Å²) in [6, 6.07) is 14.3. The van der Waals surface area contributed by atoms with Crippen LogP contribution in [-0.2, 0) is 27.7 Å². The Hall–Kier alpha value is -2.38. The average Bonchev–Trinajstić information content (AvgIpc) is 3.07. The molecule has 0 spiro atoms. The number of ether oxygens (including phenoxy) is 1. The Kier molecular flexibility index (Phi) is 3.97. The van der Waals surface area contributed by atoms with Crippen molar-refractivity contribution in [1.29, 1.82) is 0 Å².